The Morgan fingerprint density at radius 2 is 2.05 bits per heavy atom. The molecule has 22 heavy (non-hydrogen) atoms. The Morgan fingerprint density at radius 3 is 2.68 bits per heavy atom. The Balaban J connectivity index is 1.82. The van der Waals surface area contributed by atoms with E-state index in [1.54, 1.807) is 9.13 Å². The molecule has 2 N–H and O–H groups in total. The molecule has 0 spiro atoms. The van der Waals surface area contributed by atoms with Crippen LogP contribution in [0.3, 0.4) is 0 Å². The fraction of sp³-hybridized carbons (Fsp3) is 0.500. The summed E-state index contributed by atoms with van der Waals surface area (Å²) in [4.78, 5) is 24.7. The van der Waals surface area contributed by atoms with Crippen LogP contribution in [0.15, 0.2) is 29.1 Å². The second kappa shape index (κ2) is 6.36. The lowest BCUT2D eigenvalue weighted by molar-refractivity contribution is -0.122. The zero-order valence-corrected chi connectivity index (χ0v) is 12.8. The summed E-state index contributed by atoms with van der Waals surface area (Å²) >= 11 is 0. The van der Waals surface area contributed by atoms with E-state index in [0.717, 1.165) is 37.0 Å². The van der Waals surface area contributed by atoms with Crippen molar-refractivity contribution in [2.24, 2.45) is 0 Å². The molecule has 0 radical (unpaired) electrons. The number of para-hydroxylation sites is 2. The smallest absolute Gasteiger partial charge is 0.329 e. The lowest BCUT2D eigenvalue weighted by Crippen LogP contribution is -2.47. The van der Waals surface area contributed by atoms with E-state index in [1.165, 1.54) is 0 Å². The number of fused-ring (bicyclic) bond motifs is 1. The molecule has 1 aliphatic rings. The molecule has 1 fully saturated rings. The first-order valence-electron chi connectivity index (χ1n) is 7.89. The minimum Gasteiger partial charge on any atom is -0.351 e. The molecule has 6 nitrogen and oxygen atoms in total. The zero-order chi connectivity index (χ0) is 15.5. The molecule has 1 aromatic carbocycles. The third-order valence-corrected chi connectivity index (χ3v) is 4.21. The maximum Gasteiger partial charge on any atom is 0.329 e. The Hall–Kier alpha value is -2.08. The van der Waals surface area contributed by atoms with Gasteiger partial charge in [0, 0.05) is 19.1 Å². The number of amides is 1. The van der Waals surface area contributed by atoms with Gasteiger partial charge in [0.1, 0.15) is 6.54 Å². The van der Waals surface area contributed by atoms with E-state index in [2.05, 4.69) is 10.6 Å². The Bertz CT molecular complexity index is 725. The number of aromatic nitrogens is 2. The topological polar surface area (TPSA) is 68.1 Å². The van der Waals surface area contributed by atoms with Crippen LogP contribution in [0.4, 0.5) is 0 Å². The van der Waals surface area contributed by atoms with Crippen molar-refractivity contribution in [1.29, 1.82) is 0 Å². The minimum absolute atomic E-state index is 0.0723. The summed E-state index contributed by atoms with van der Waals surface area (Å²) in [5, 5.41) is 6.29. The van der Waals surface area contributed by atoms with Gasteiger partial charge in [0.25, 0.3) is 0 Å². The zero-order valence-electron chi connectivity index (χ0n) is 12.8. The van der Waals surface area contributed by atoms with Crippen molar-refractivity contribution in [2.45, 2.75) is 38.9 Å². The van der Waals surface area contributed by atoms with E-state index in [4.69, 9.17) is 0 Å². The van der Waals surface area contributed by atoms with Crippen LogP contribution in [0, 0.1) is 0 Å². The van der Waals surface area contributed by atoms with E-state index >= 15 is 0 Å². The van der Waals surface area contributed by atoms with Gasteiger partial charge in [-0.2, -0.15) is 0 Å². The summed E-state index contributed by atoms with van der Waals surface area (Å²) in [6.07, 6.45) is 2.06. The third-order valence-electron chi connectivity index (χ3n) is 4.21. The van der Waals surface area contributed by atoms with Crippen LogP contribution in [0.1, 0.15) is 19.8 Å². The van der Waals surface area contributed by atoms with Crippen molar-refractivity contribution in [2.75, 3.05) is 13.1 Å². The number of benzene rings is 1. The van der Waals surface area contributed by atoms with Gasteiger partial charge in [-0.3, -0.25) is 13.9 Å². The molecule has 1 aliphatic heterocycles. The molecular formula is C16H22N4O2. The van der Waals surface area contributed by atoms with Crippen molar-refractivity contribution < 1.29 is 4.79 Å². The number of nitrogens with one attached hydrogen (secondary N) is 2. The summed E-state index contributed by atoms with van der Waals surface area (Å²) in [7, 11) is 0. The third kappa shape index (κ3) is 2.78. The van der Waals surface area contributed by atoms with Crippen LogP contribution in [-0.4, -0.2) is 34.2 Å². The fourth-order valence-electron chi connectivity index (χ4n) is 3.12. The number of carbonyl (C=O) groups is 1. The van der Waals surface area contributed by atoms with E-state index in [-0.39, 0.29) is 24.2 Å². The van der Waals surface area contributed by atoms with Crippen molar-refractivity contribution in [3.8, 4) is 0 Å². The van der Waals surface area contributed by atoms with E-state index in [0.29, 0.717) is 6.54 Å². The standard InChI is InChI=1S/C16H22N4O2/c1-2-19-13-7-3-4-8-14(13)20(16(19)22)11-15(21)18-12-6-5-9-17-10-12/h3-4,7-8,12,17H,2,5-6,9-11H2,1H3,(H,18,21). The Labute approximate surface area is 129 Å². The highest BCUT2D eigenvalue weighted by atomic mass is 16.2. The van der Waals surface area contributed by atoms with E-state index in [9.17, 15) is 9.59 Å². The van der Waals surface area contributed by atoms with Gasteiger partial charge in [0.15, 0.2) is 0 Å². The molecule has 1 aromatic heterocycles. The van der Waals surface area contributed by atoms with E-state index < -0.39 is 0 Å². The molecular weight excluding hydrogens is 280 g/mol. The molecule has 1 amide bonds. The monoisotopic (exact) mass is 302 g/mol. The highest BCUT2D eigenvalue weighted by Crippen LogP contribution is 2.12. The quantitative estimate of drug-likeness (QED) is 0.873. The van der Waals surface area contributed by atoms with Crippen molar-refractivity contribution in [1.82, 2.24) is 19.8 Å². The van der Waals surface area contributed by atoms with Gasteiger partial charge in [-0.15, -0.1) is 0 Å². The van der Waals surface area contributed by atoms with Crippen molar-refractivity contribution in [3.63, 3.8) is 0 Å². The summed E-state index contributed by atoms with van der Waals surface area (Å²) in [6.45, 7) is 4.42. The number of imidazole rings is 1. The maximum absolute atomic E-state index is 12.5. The number of piperidine rings is 1. The molecule has 1 unspecified atom stereocenters. The van der Waals surface area contributed by atoms with Gasteiger partial charge in [-0.25, -0.2) is 4.79 Å². The van der Waals surface area contributed by atoms with Gasteiger partial charge < -0.3 is 10.6 Å². The molecule has 6 heteroatoms. The molecule has 0 saturated carbocycles. The summed E-state index contributed by atoms with van der Waals surface area (Å²) in [6, 6.07) is 7.77. The first kappa shape index (κ1) is 14.8. The molecule has 3 rings (SSSR count). The first-order chi connectivity index (χ1) is 10.7. The summed E-state index contributed by atoms with van der Waals surface area (Å²) in [5.41, 5.74) is 1.56. The van der Waals surface area contributed by atoms with Crippen LogP contribution in [0.5, 0.6) is 0 Å². The average molecular weight is 302 g/mol. The number of hydrogen-bond donors (Lipinski definition) is 2. The molecule has 2 heterocycles. The van der Waals surface area contributed by atoms with Crippen LogP contribution in [-0.2, 0) is 17.9 Å². The van der Waals surface area contributed by atoms with Gasteiger partial charge in [-0.05, 0) is 38.4 Å². The molecule has 1 saturated heterocycles. The average Bonchev–Trinajstić information content (AvgIpc) is 2.80. The number of rotatable bonds is 4. The predicted octanol–water partition coefficient (Wildman–Crippen LogP) is 0.691. The molecule has 0 aliphatic carbocycles. The fourth-order valence-corrected chi connectivity index (χ4v) is 3.12. The highest BCUT2D eigenvalue weighted by Gasteiger charge is 2.18. The first-order valence-corrected chi connectivity index (χ1v) is 7.89. The number of nitrogens with zero attached hydrogens (tertiary/aromatic N) is 2. The van der Waals surface area contributed by atoms with Gasteiger partial charge in [-0.1, -0.05) is 12.1 Å². The Kier molecular flexibility index (Phi) is 4.29. The van der Waals surface area contributed by atoms with Crippen LogP contribution in [0.2, 0.25) is 0 Å². The lowest BCUT2D eigenvalue weighted by Gasteiger charge is -2.23. The summed E-state index contributed by atoms with van der Waals surface area (Å²) in [5.74, 6) is -0.102. The maximum atomic E-state index is 12.5. The second-order valence-corrected chi connectivity index (χ2v) is 5.71. The van der Waals surface area contributed by atoms with Crippen LogP contribution < -0.4 is 16.3 Å². The Morgan fingerprint density at radius 1 is 1.32 bits per heavy atom. The molecule has 0 bridgehead atoms. The molecule has 2 aromatic rings. The van der Waals surface area contributed by atoms with Crippen LogP contribution >= 0.6 is 0 Å². The largest absolute Gasteiger partial charge is 0.351 e. The minimum atomic E-state index is -0.124. The van der Waals surface area contributed by atoms with Crippen LogP contribution in [0.25, 0.3) is 11.0 Å². The summed E-state index contributed by atoms with van der Waals surface area (Å²) < 4.78 is 3.26. The van der Waals surface area contributed by atoms with Gasteiger partial charge >= 0.3 is 5.69 Å². The van der Waals surface area contributed by atoms with Crippen molar-refractivity contribution in [3.05, 3.63) is 34.7 Å². The SMILES string of the molecule is CCn1c(=O)n(CC(=O)NC2CCCNC2)c2ccccc21. The van der Waals surface area contributed by atoms with Gasteiger partial charge in [0.05, 0.1) is 11.0 Å². The highest BCUT2D eigenvalue weighted by molar-refractivity contribution is 5.81. The van der Waals surface area contributed by atoms with E-state index in [1.807, 2.05) is 31.2 Å². The predicted molar refractivity (Wildman–Crippen MR) is 85.9 cm³/mol. The number of hydrogen-bond acceptors (Lipinski definition) is 3. The lowest BCUT2D eigenvalue weighted by atomic mass is 10.1. The number of aryl methyl sites for hydroxylation is 1. The second-order valence-electron chi connectivity index (χ2n) is 5.71. The molecule has 1 atom stereocenters. The number of carbonyl (C=O) groups excluding carboxylic acids is 1. The van der Waals surface area contributed by atoms with Crippen molar-refractivity contribution >= 4 is 16.9 Å². The molecule has 118 valence electrons. The normalized spacial score (nSPS) is 18.5. The van der Waals surface area contributed by atoms with Gasteiger partial charge in [0.2, 0.25) is 5.91 Å².